The number of ketones is 1. The molecule has 0 amide bonds. The maximum absolute atomic E-state index is 12.5. The Labute approximate surface area is 145 Å². The zero-order valence-electron chi connectivity index (χ0n) is 13.0. The number of aromatic nitrogens is 2. The first-order valence-corrected chi connectivity index (χ1v) is 8.33. The summed E-state index contributed by atoms with van der Waals surface area (Å²) < 4.78 is 1.88. The number of hydrogen-bond donors (Lipinski definition) is 1. The summed E-state index contributed by atoms with van der Waals surface area (Å²) in [6.45, 7) is 0. The van der Waals surface area contributed by atoms with Crippen molar-refractivity contribution in [1.82, 2.24) is 9.78 Å². The van der Waals surface area contributed by atoms with E-state index in [1.165, 1.54) is 0 Å². The number of para-hydroxylation sites is 1. The molecule has 0 radical (unpaired) electrons. The predicted octanol–water partition coefficient (Wildman–Crippen LogP) is 4.79. The Morgan fingerprint density at radius 3 is 2.50 bits per heavy atom. The Balaban J connectivity index is 1.80. The second kappa shape index (κ2) is 6.13. The number of anilines is 2. The third-order valence-electron chi connectivity index (χ3n) is 4.19. The number of benzene rings is 2. The summed E-state index contributed by atoms with van der Waals surface area (Å²) in [7, 11) is 0. The zero-order chi connectivity index (χ0) is 16.5. The van der Waals surface area contributed by atoms with Crippen LogP contribution in [0.15, 0.2) is 54.6 Å². The summed E-state index contributed by atoms with van der Waals surface area (Å²) >= 11 is 5.94. The fraction of sp³-hybridized carbons (Fsp3) is 0.158. The Bertz CT molecular complexity index is 885. The molecule has 0 spiro atoms. The van der Waals surface area contributed by atoms with Crippen LogP contribution in [0.4, 0.5) is 11.5 Å². The minimum atomic E-state index is 0.148. The lowest BCUT2D eigenvalue weighted by Crippen LogP contribution is -2.13. The first-order chi connectivity index (χ1) is 11.7. The van der Waals surface area contributed by atoms with Gasteiger partial charge in [0.05, 0.1) is 16.9 Å². The van der Waals surface area contributed by atoms with Crippen molar-refractivity contribution >= 4 is 28.9 Å². The topological polar surface area (TPSA) is 46.9 Å². The van der Waals surface area contributed by atoms with Crippen molar-refractivity contribution in [3.05, 3.63) is 70.9 Å². The van der Waals surface area contributed by atoms with Crippen LogP contribution in [0.25, 0.3) is 5.69 Å². The Kier molecular flexibility index (Phi) is 3.82. The van der Waals surface area contributed by atoms with Gasteiger partial charge in [-0.05, 0) is 49.2 Å². The molecule has 1 aromatic heterocycles. The maximum Gasteiger partial charge on any atom is 0.168 e. The number of carbonyl (C=O) groups is 1. The Morgan fingerprint density at radius 2 is 1.75 bits per heavy atom. The van der Waals surface area contributed by atoms with Crippen LogP contribution in [-0.2, 0) is 6.42 Å². The molecular formula is C19H16ClN3O. The second-order valence-electron chi connectivity index (χ2n) is 5.83. The number of nitrogens with zero attached hydrogens (tertiary/aromatic N) is 2. The van der Waals surface area contributed by atoms with Crippen molar-refractivity contribution in [3.63, 3.8) is 0 Å². The number of nitrogens with one attached hydrogen (secondary N) is 1. The SMILES string of the molecule is O=C1CCCc2c1c(Nc1ccc(Cl)cc1)nn2-c1ccccc1. The van der Waals surface area contributed by atoms with Gasteiger partial charge in [0.2, 0.25) is 0 Å². The fourth-order valence-corrected chi connectivity index (χ4v) is 3.18. The normalized spacial score (nSPS) is 13.6. The monoisotopic (exact) mass is 337 g/mol. The van der Waals surface area contributed by atoms with Gasteiger partial charge in [-0.15, -0.1) is 5.10 Å². The number of hydrogen-bond acceptors (Lipinski definition) is 3. The van der Waals surface area contributed by atoms with Crippen LogP contribution in [0.3, 0.4) is 0 Å². The number of Topliss-reactive ketones (excluding diaryl/α,β-unsaturated/α-hetero) is 1. The molecule has 1 N–H and O–H groups in total. The van der Waals surface area contributed by atoms with Gasteiger partial charge in [0, 0.05) is 17.1 Å². The number of halogens is 1. The molecule has 4 nitrogen and oxygen atoms in total. The predicted molar refractivity (Wildman–Crippen MR) is 95.6 cm³/mol. The van der Waals surface area contributed by atoms with E-state index in [9.17, 15) is 4.79 Å². The van der Waals surface area contributed by atoms with Crippen LogP contribution in [0.1, 0.15) is 28.9 Å². The fourth-order valence-electron chi connectivity index (χ4n) is 3.06. The minimum absolute atomic E-state index is 0.148. The van der Waals surface area contributed by atoms with Crippen LogP contribution < -0.4 is 5.32 Å². The lowest BCUT2D eigenvalue weighted by atomic mass is 9.95. The summed E-state index contributed by atoms with van der Waals surface area (Å²) in [5, 5.41) is 8.62. The molecule has 5 heteroatoms. The molecule has 3 aromatic rings. The zero-order valence-corrected chi connectivity index (χ0v) is 13.8. The largest absolute Gasteiger partial charge is 0.338 e. The molecule has 1 aliphatic rings. The summed E-state index contributed by atoms with van der Waals surface area (Å²) in [5.41, 5.74) is 3.51. The molecule has 120 valence electrons. The molecular weight excluding hydrogens is 322 g/mol. The van der Waals surface area contributed by atoms with E-state index in [0.717, 1.165) is 29.9 Å². The van der Waals surface area contributed by atoms with E-state index in [1.807, 2.05) is 59.3 Å². The summed E-state index contributed by atoms with van der Waals surface area (Å²) in [6, 6.07) is 17.3. The highest BCUT2D eigenvalue weighted by Crippen LogP contribution is 2.31. The van der Waals surface area contributed by atoms with E-state index in [4.69, 9.17) is 11.6 Å². The van der Waals surface area contributed by atoms with Gasteiger partial charge in [0.15, 0.2) is 11.6 Å². The highest BCUT2D eigenvalue weighted by atomic mass is 35.5. The summed E-state index contributed by atoms with van der Waals surface area (Å²) in [5.74, 6) is 0.760. The lowest BCUT2D eigenvalue weighted by Gasteiger charge is -2.13. The Hall–Kier alpha value is -2.59. The highest BCUT2D eigenvalue weighted by Gasteiger charge is 2.27. The second-order valence-corrected chi connectivity index (χ2v) is 6.26. The van der Waals surface area contributed by atoms with E-state index in [1.54, 1.807) is 0 Å². The summed E-state index contributed by atoms with van der Waals surface area (Å²) in [4.78, 5) is 12.5. The van der Waals surface area contributed by atoms with Crippen LogP contribution >= 0.6 is 11.6 Å². The molecule has 1 aliphatic carbocycles. The van der Waals surface area contributed by atoms with Crippen molar-refractivity contribution in [1.29, 1.82) is 0 Å². The molecule has 0 atom stereocenters. The van der Waals surface area contributed by atoms with Gasteiger partial charge in [-0.1, -0.05) is 29.8 Å². The molecule has 0 aliphatic heterocycles. The average Bonchev–Trinajstić information content (AvgIpc) is 2.98. The van der Waals surface area contributed by atoms with Gasteiger partial charge in [-0.25, -0.2) is 4.68 Å². The third kappa shape index (κ3) is 2.69. The molecule has 2 aromatic carbocycles. The van der Waals surface area contributed by atoms with Crippen LogP contribution in [0.2, 0.25) is 5.02 Å². The van der Waals surface area contributed by atoms with E-state index >= 15 is 0 Å². The van der Waals surface area contributed by atoms with E-state index < -0.39 is 0 Å². The van der Waals surface area contributed by atoms with Gasteiger partial charge in [-0.3, -0.25) is 4.79 Å². The van der Waals surface area contributed by atoms with Crippen LogP contribution in [-0.4, -0.2) is 15.6 Å². The van der Waals surface area contributed by atoms with Crippen molar-refractivity contribution in [2.45, 2.75) is 19.3 Å². The minimum Gasteiger partial charge on any atom is -0.338 e. The first-order valence-electron chi connectivity index (χ1n) is 7.95. The third-order valence-corrected chi connectivity index (χ3v) is 4.44. The van der Waals surface area contributed by atoms with Gasteiger partial charge in [0.1, 0.15) is 0 Å². The Morgan fingerprint density at radius 1 is 1.00 bits per heavy atom. The molecule has 0 saturated heterocycles. The summed E-state index contributed by atoms with van der Waals surface area (Å²) in [6.07, 6.45) is 2.29. The number of fused-ring (bicyclic) bond motifs is 1. The maximum atomic E-state index is 12.5. The van der Waals surface area contributed by atoms with Gasteiger partial charge in [0.25, 0.3) is 0 Å². The van der Waals surface area contributed by atoms with Crippen LogP contribution in [0, 0.1) is 0 Å². The molecule has 0 fully saturated rings. The smallest absolute Gasteiger partial charge is 0.168 e. The number of rotatable bonds is 3. The number of carbonyl (C=O) groups excluding carboxylic acids is 1. The standard InChI is InChI=1S/C19H16ClN3O/c20-13-9-11-14(12-10-13)21-19-18-16(7-4-8-17(18)24)23(22-19)15-5-2-1-3-6-15/h1-3,5-6,9-12H,4,7-8H2,(H,21,22). The lowest BCUT2D eigenvalue weighted by molar-refractivity contribution is 0.0973. The molecule has 24 heavy (non-hydrogen) atoms. The highest BCUT2D eigenvalue weighted by molar-refractivity contribution is 6.30. The average molecular weight is 338 g/mol. The van der Waals surface area contributed by atoms with Crippen molar-refractivity contribution in [2.75, 3.05) is 5.32 Å². The van der Waals surface area contributed by atoms with E-state index in [-0.39, 0.29) is 5.78 Å². The molecule has 4 rings (SSSR count). The van der Waals surface area contributed by atoms with Gasteiger partial charge in [-0.2, -0.15) is 0 Å². The first kappa shape index (κ1) is 15.0. The molecule has 0 saturated carbocycles. The van der Waals surface area contributed by atoms with Crippen molar-refractivity contribution in [2.24, 2.45) is 0 Å². The van der Waals surface area contributed by atoms with Gasteiger partial charge < -0.3 is 5.32 Å². The van der Waals surface area contributed by atoms with Gasteiger partial charge >= 0.3 is 0 Å². The van der Waals surface area contributed by atoms with Crippen LogP contribution in [0.5, 0.6) is 0 Å². The van der Waals surface area contributed by atoms with E-state index in [2.05, 4.69) is 10.4 Å². The molecule has 1 heterocycles. The molecule has 0 bridgehead atoms. The molecule has 0 unspecified atom stereocenters. The quantitative estimate of drug-likeness (QED) is 0.747. The van der Waals surface area contributed by atoms with E-state index in [0.29, 0.717) is 22.8 Å². The van der Waals surface area contributed by atoms with Crippen molar-refractivity contribution in [3.8, 4) is 5.69 Å². The van der Waals surface area contributed by atoms with Crippen molar-refractivity contribution < 1.29 is 4.79 Å².